The first-order valence-electron chi connectivity index (χ1n) is 6.13. The number of aliphatic hydroxyl groups excluding tert-OH is 1. The number of halogens is 2. The Morgan fingerprint density at radius 1 is 1.53 bits per heavy atom. The summed E-state index contributed by atoms with van der Waals surface area (Å²) in [6, 6.07) is 0. The third-order valence-electron chi connectivity index (χ3n) is 2.59. The number of esters is 1. The highest BCUT2D eigenvalue weighted by Gasteiger charge is 2.46. The smallest absolute Gasteiger partial charge is 0.345 e. The van der Waals surface area contributed by atoms with Gasteiger partial charge in [-0.15, -0.1) is 0 Å². The molecule has 1 rings (SSSR count). The van der Waals surface area contributed by atoms with Crippen LogP contribution in [-0.2, 0) is 19.0 Å². The van der Waals surface area contributed by atoms with Gasteiger partial charge in [0, 0.05) is 6.42 Å². The molecular weight excluding hydrogens is 295 g/mol. The maximum atomic E-state index is 11.7. The van der Waals surface area contributed by atoms with Gasteiger partial charge in [-0.2, -0.15) is 0 Å². The van der Waals surface area contributed by atoms with Gasteiger partial charge in [0.1, 0.15) is 6.10 Å². The summed E-state index contributed by atoms with van der Waals surface area (Å²) in [4.78, 5) is 11.7. The molecule has 112 valence electrons. The Bertz CT molecular complexity index is 330. The van der Waals surface area contributed by atoms with Crippen LogP contribution in [0.1, 0.15) is 34.1 Å². The Balaban J connectivity index is 2.56. The predicted octanol–water partition coefficient (Wildman–Crippen LogP) is 2.01. The molecule has 1 heterocycles. The number of carbonyl (C=O) groups excluding carboxylic acids is 1. The zero-order valence-corrected chi connectivity index (χ0v) is 13.0. The SMILES string of the molecule is CC(C)OC(=O)C(Cl)(Cl)C(O)C[C@H]1COC(C)(C)O1. The summed E-state index contributed by atoms with van der Waals surface area (Å²) in [6.07, 6.45) is -1.94. The van der Waals surface area contributed by atoms with Crippen LogP contribution in [0.3, 0.4) is 0 Å². The Kier molecular flexibility index (Phi) is 5.49. The van der Waals surface area contributed by atoms with E-state index in [1.807, 2.05) is 0 Å². The Labute approximate surface area is 123 Å². The van der Waals surface area contributed by atoms with Gasteiger partial charge in [-0.3, -0.25) is 0 Å². The van der Waals surface area contributed by atoms with Crippen molar-refractivity contribution in [3.8, 4) is 0 Å². The largest absolute Gasteiger partial charge is 0.461 e. The molecule has 1 fully saturated rings. The molecule has 5 nitrogen and oxygen atoms in total. The lowest BCUT2D eigenvalue weighted by molar-refractivity contribution is -0.152. The molecule has 0 aliphatic carbocycles. The molecule has 0 bridgehead atoms. The average Bonchev–Trinajstić information content (AvgIpc) is 2.56. The molecule has 0 amide bonds. The van der Waals surface area contributed by atoms with Gasteiger partial charge in [-0.1, -0.05) is 23.2 Å². The van der Waals surface area contributed by atoms with Crippen molar-refractivity contribution < 1.29 is 24.1 Å². The third kappa shape index (κ3) is 4.76. The third-order valence-corrected chi connectivity index (χ3v) is 3.40. The fourth-order valence-corrected chi connectivity index (χ4v) is 1.97. The van der Waals surface area contributed by atoms with Gasteiger partial charge in [0.15, 0.2) is 5.79 Å². The lowest BCUT2D eigenvalue weighted by Gasteiger charge is -2.26. The molecule has 1 aliphatic rings. The summed E-state index contributed by atoms with van der Waals surface area (Å²) in [5, 5.41) is 9.99. The van der Waals surface area contributed by atoms with Crippen molar-refractivity contribution in [3.05, 3.63) is 0 Å². The zero-order valence-electron chi connectivity index (χ0n) is 11.5. The second-order valence-corrected chi connectivity index (χ2v) is 6.67. The number of carbonyl (C=O) groups is 1. The van der Waals surface area contributed by atoms with Crippen molar-refractivity contribution in [2.24, 2.45) is 0 Å². The van der Waals surface area contributed by atoms with Crippen LogP contribution in [0.25, 0.3) is 0 Å². The monoisotopic (exact) mass is 314 g/mol. The summed E-state index contributed by atoms with van der Waals surface area (Å²) in [6.45, 7) is 7.18. The van der Waals surface area contributed by atoms with Crippen LogP contribution < -0.4 is 0 Å². The molecule has 0 saturated carbocycles. The Hall–Kier alpha value is -0.0700. The molecule has 1 aliphatic heterocycles. The van der Waals surface area contributed by atoms with Gasteiger partial charge in [-0.25, -0.2) is 4.79 Å². The van der Waals surface area contributed by atoms with Gasteiger partial charge in [-0.05, 0) is 27.7 Å². The van der Waals surface area contributed by atoms with Crippen LogP contribution in [0.5, 0.6) is 0 Å². The van der Waals surface area contributed by atoms with Crippen LogP contribution in [-0.4, -0.2) is 46.1 Å². The van der Waals surface area contributed by atoms with Crippen LogP contribution in [0, 0.1) is 0 Å². The van der Waals surface area contributed by atoms with Gasteiger partial charge >= 0.3 is 5.97 Å². The van der Waals surface area contributed by atoms with Gasteiger partial charge < -0.3 is 19.3 Å². The van der Waals surface area contributed by atoms with E-state index in [1.165, 1.54) is 0 Å². The van der Waals surface area contributed by atoms with Crippen molar-refractivity contribution in [1.29, 1.82) is 0 Å². The van der Waals surface area contributed by atoms with E-state index in [0.29, 0.717) is 6.61 Å². The Morgan fingerprint density at radius 2 is 2.11 bits per heavy atom. The summed E-state index contributed by atoms with van der Waals surface area (Å²) in [5.41, 5.74) is 0. The van der Waals surface area contributed by atoms with E-state index >= 15 is 0 Å². The van der Waals surface area contributed by atoms with E-state index in [1.54, 1.807) is 27.7 Å². The number of hydrogen-bond donors (Lipinski definition) is 1. The average molecular weight is 315 g/mol. The van der Waals surface area contributed by atoms with Crippen LogP contribution in [0.4, 0.5) is 0 Å². The topological polar surface area (TPSA) is 65.0 Å². The maximum Gasteiger partial charge on any atom is 0.345 e. The lowest BCUT2D eigenvalue weighted by Crippen LogP contribution is -2.43. The van der Waals surface area contributed by atoms with E-state index in [0.717, 1.165) is 0 Å². The number of alkyl halides is 2. The number of hydrogen-bond acceptors (Lipinski definition) is 5. The molecule has 0 radical (unpaired) electrons. The van der Waals surface area contributed by atoms with Crippen molar-refractivity contribution >= 4 is 29.2 Å². The highest BCUT2D eigenvalue weighted by Crippen LogP contribution is 2.33. The molecule has 1 N–H and O–H groups in total. The van der Waals surface area contributed by atoms with Crippen LogP contribution in [0.2, 0.25) is 0 Å². The van der Waals surface area contributed by atoms with E-state index in [-0.39, 0.29) is 18.6 Å². The summed E-state index contributed by atoms with van der Waals surface area (Å²) >= 11 is 11.8. The molecule has 0 aromatic heterocycles. The predicted molar refractivity (Wildman–Crippen MR) is 71.2 cm³/mol. The normalized spacial score (nSPS) is 24.5. The van der Waals surface area contributed by atoms with E-state index < -0.39 is 22.2 Å². The fourth-order valence-electron chi connectivity index (χ4n) is 1.70. The molecule has 19 heavy (non-hydrogen) atoms. The van der Waals surface area contributed by atoms with Crippen molar-refractivity contribution in [2.45, 2.75) is 62.5 Å². The standard InChI is InChI=1S/C12H20Cl2O5/c1-7(2)18-10(16)12(13,14)9(15)5-8-6-17-11(3,4)19-8/h7-9,15H,5-6H2,1-4H3/t8-,9?/m0/s1. The maximum absolute atomic E-state index is 11.7. The van der Waals surface area contributed by atoms with Crippen molar-refractivity contribution in [2.75, 3.05) is 6.61 Å². The first kappa shape index (κ1) is 17.0. The lowest BCUT2D eigenvalue weighted by atomic mass is 10.1. The Morgan fingerprint density at radius 3 is 2.53 bits per heavy atom. The minimum Gasteiger partial charge on any atom is -0.461 e. The van der Waals surface area contributed by atoms with Gasteiger partial charge in [0.2, 0.25) is 4.33 Å². The minimum atomic E-state index is -2.01. The highest BCUT2D eigenvalue weighted by atomic mass is 35.5. The first-order valence-corrected chi connectivity index (χ1v) is 6.89. The van der Waals surface area contributed by atoms with Crippen LogP contribution >= 0.6 is 23.2 Å². The molecule has 0 spiro atoms. The van der Waals surface area contributed by atoms with Gasteiger partial charge in [0.25, 0.3) is 0 Å². The van der Waals surface area contributed by atoms with Gasteiger partial charge in [0.05, 0.1) is 18.8 Å². The first-order chi connectivity index (χ1) is 8.54. The molecule has 0 aromatic rings. The summed E-state index contributed by atoms with van der Waals surface area (Å²) in [7, 11) is 0. The second-order valence-electron chi connectivity index (χ2n) is 5.28. The quantitative estimate of drug-likeness (QED) is 0.621. The minimum absolute atomic E-state index is 0.0869. The van der Waals surface area contributed by atoms with Crippen LogP contribution in [0.15, 0.2) is 0 Å². The molecular formula is C12H20Cl2O5. The fraction of sp³-hybridized carbons (Fsp3) is 0.917. The van der Waals surface area contributed by atoms with E-state index in [4.69, 9.17) is 37.4 Å². The van der Waals surface area contributed by atoms with E-state index in [9.17, 15) is 9.90 Å². The number of ether oxygens (including phenoxy) is 3. The molecule has 7 heteroatoms. The van der Waals surface area contributed by atoms with E-state index in [2.05, 4.69) is 0 Å². The molecule has 0 aromatic carbocycles. The number of rotatable bonds is 5. The number of aliphatic hydroxyl groups is 1. The molecule has 1 unspecified atom stereocenters. The highest BCUT2D eigenvalue weighted by molar-refractivity contribution is 6.58. The molecule has 2 atom stereocenters. The zero-order chi connectivity index (χ0) is 14.8. The second kappa shape index (κ2) is 6.14. The summed E-state index contributed by atoms with van der Waals surface area (Å²) in [5.74, 6) is -1.57. The van der Waals surface area contributed by atoms with Crippen molar-refractivity contribution in [1.82, 2.24) is 0 Å². The van der Waals surface area contributed by atoms with Crippen molar-refractivity contribution in [3.63, 3.8) is 0 Å². The molecule has 1 saturated heterocycles. The summed E-state index contributed by atoms with van der Waals surface area (Å²) < 4.78 is 13.8.